The molecule has 0 spiro atoms. The van der Waals surface area contributed by atoms with Gasteiger partial charge in [-0.1, -0.05) is 38.1 Å². The van der Waals surface area contributed by atoms with E-state index in [1.807, 2.05) is 31.2 Å². The van der Waals surface area contributed by atoms with E-state index >= 15 is 0 Å². The highest BCUT2D eigenvalue weighted by atomic mass is 16.3. The molecule has 3 aromatic rings. The summed E-state index contributed by atoms with van der Waals surface area (Å²) in [5.74, 6) is 2.08. The van der Waals surface area contributed by atoms with E-state index in [4.69, 9.17) is 4.42 Å². The Labute approximate surface area is 182 Å². The number of amides is 1. The summed E-state index contributed by atoms with van der Waals surface area (Å²) in [7, 11) is 0. The Morgan fingerprint density at radius 1 is 1.13 bits per heavy atom. The van der Waals surface area contributed by atoms with Crippen LogP contribution in [0.2, 0.25) is 0 Å². The summed E-state index contributed by atoms with van der Waals surface area (Å²) in [6.07, 6.45) is 2.36. The second-order valence-corrected chi connectivity index (χ2v) is 8.80. The molecule has 1 saturated heterocycles. The number of rotatable bonds is 6. The third-order valence-electron chi connectivity index (χ3n) is 5.84. The average Bonchev–Trinajstić information content (AvgIpc) is 3.42. The molecule has 162 valence electrons. The number of likely N-dealkylation sites (tertiary alicyclic amines) is 1. The minimum atomic E-state index is -0.116. The van der Waals surface area contributed by atoms with Gasteiger partial charge in [0.15, 0.2) is 17.2 Å². The number of ketones is 1. The summed E-state index contributed by atoms with van der Waals surface area (Å²) in [6.45, 7) is 7.37. The number of piperidine rings is 1. The van der Waals surface area contributed by atoms with E-state index in [9.17, 15) is 9.59 Å². The lowest BCUT2D eigenvalue weighted by Gasteiger charge is -2.30. The Morgan fingerprint density at radius 3 is 2.45 bits per heavy atom. The van der Waals surface area contributed by atoms with Crippen LogP contribution in [0.3, 0.4) is 0 Å². The Morgan fingerprint density at radius 2 is 1.84 bits per heavy atom. The first-order valence-corrected chi connectivity index (χ1v) is 11.0. The first-order valence-electron chi connectivity index (χ1n) is 11.0. The Hall–Kier alpha value is -3.15. The summed E-state index contributed by atoms with van der Waals surface area (Å²) in [4.78, 5) is 27.5. The van der Waals surface area contributed by atoms with E-state index < -0.39 is 0 Å². The molecule has 0 saturated carbocycles. The number of Topliss-reactive ketones (excluding diaryl/α,β-unsaturated/α-hetero) is 1. The van der Waals surface area contributed by atoms with Crippen LogP contribution >= 0.6 is 0 Å². The van der Waals surface area contributed by atoms with Crippen LogP contribution in [0.5, 0.6) is 0 Å². The van der Waals surface area contributed by atoms with Crippen LogP contribution in [0.15, 0.2) is 46.9 Å². The quantitative estimate of drug-likeness (QED) is 0.576. The van der Waals surface area contributed by atoms with Gasteiger partial charge in [-0.3, -0.25) is 14.7 Å². The number of H-pyrrole nitrogens is 1. The molecule has 0 bridgehead atoms. The van der Waals surface area contributed by atoms with E-state index in [2.05, 4.69) is 36.2 Å². The zero-order chi connectivity index (χ0) is 22.0. The zero-order valence-corrected chi connectivity index (χ0v) is 18.4. The van der Waals surface area contributed by atoms with Crippen LogP contribution < -0.4 is 0 Å². The third-order valence-corrected chi connectivity index (χ3v) is 5.84. The van der Waals surface area contributed by atoms with E-state index in [1.165, 1.54) is 5.56 Å². The van der Waals surface area contributed by atoms with Crippen LogP contribution in [0.1, 0.15) is 58.9 Å². The largest absolute Gasteiger partial charge is 0.460 e. The van der Waals surface area contributed by atoms with Gasteiger partial charge in [0.2, 0.25) is 0 Å². The van der Waals surface area contributed by atoms with Gasteiger partial charge < -0.3 is 9.32 Å². The van der Waals surface area contributed by atoms with E-state index in [0.717, 1.165) is 17.7 Å². The predicted molar refractivity (Wildman–Crippen MR) is 119 cm³/mol. The number of aryl methyl sites for hydroxylation is 1. The lowest BCUT2D eigenvalue weighted by Crippen LogP contribution is -2.40. The molecular weight excluding hydrogens is 390 g/mol. The van der Waals surface area contributed by atoms with Gasteiger partial charge >= 0.3 is 0 Å². The van der Waals surface area contributed by atoms with Gasteiger partial charge in [0.05, 0.1) is 0 Å². The summed E-state index contributed by atoms with van der Waals surface area (Å²) >= 11 is 0. The first kappa shape index (κ1) is 21.1. The highest BCUT2D eigenvalue weighted by molar-refractivity contribution is 5.98. The molecule has 1 N–H and O–H groups in total. The van der Waals surface area contributed by atoms with Crippen LogP contribution in [-0.2, 0) is 6.42 Å². The summed E-state index contributed by atoms with van der Waals surface area (Å²) in [6, 6.07) is 13.4. The first-order chi connectivity index (χ1) is 14.9. The number of hydrogen-bond donors (Lipinski definition) is 1. The SMILES string of the molecule is Cc1ccc(-c2cc(C(=O)N3CCC(C(=O)c4ccc(CC(C)C)cc4)CC3)n[nH]2)o1. The number of carbonyl (C=O) groups excluding carboxylic acids is 2. The summed E-state index contributed by atoms with van der Waals surface area (Å²) < 4.78 is 5.58. The highest BCUT2D eigenvalue weighted by Crippen LogP contribution is 2.25. The zero-order valence-electron chi connectivity index (χ0n) is 18.4. The molecule has 2 aromatic heterocycles. The van der Waals surface area contributed by atoms with Gasteiger partial charge in [-0.25, -0.2) is 0 Å². The Bertz CT molecular complexity index is 1050. The van der Waals surface area contributed by atoms with Gasteiger partial charge in [0, 0.05) is 30.6 Å². The molecule has 0 aliphatic carbocycles. The Kier molecular flexibility index (Phi) is 6.07. The molecule has 1 amide bonds. The molecule has 1 aliphatic heterocycles. The van der Waals surface area contributed by atoms with Crippen molar-refractivity contribution in [1.29, 1.82) is 0 Å². The number of carbonyl (C=O) groups is 2. The second kappa shape index (κ2) is 8.92. The van der Waals surface area contributed by atoms with E-state index in [-0.39, 0.29) is 17.6 Å². The molecule has 3 heterocycles. The summed E-state index contributed by atoms with van der Waals surface area (Å²) in [5, 5.41) is 7.04. The van der Waals surface area contributed by atoms with E-state index in [0.29, 0.717) is 49.0 Å². The lowest BCUT2D eigenvalue weighted by atomic mass is 9.88. The van der Waals surface area contributed by atoms with Crippen LogP contribution in [-0.4, -0.2) is 39.9 Å². The standard InChI is InChI=1S/C25H29N3O3/c1-16(2)14-18-5-7-19(8-6-18)24(29)20-10-12-28(13-11-20)25(30)22-15-21(26-27-22)23-9-4-17(3)31-23/h4-9,15-16,20H,10-14H2,1-3H3,(H,26,27). The molecule has 1 aromatic carbocycles. The smallest absolute Gasteiger partial charge is 0.274 e. The predicted octanol–water partition coefficient (Wildman–Crippen LogP) is 4.91. The van der Waals surface area contributed by atoms with Crippen molar-refractivity contribution in [1.82, 2.24) is 15.1 Å². The number of nitrogens with zero attached hydrogens (tertiary/aromatic N) is 2. The van der Waals surface area contributed by atoms with Crippen molar-refractivity contribution in [3.8, 4) is 11.5 Å². The highest BCUT2D eigenvalue weighted by Gasteiger charge is 2.29. The Balaban J connectivity index is 1.34. The average molecular weight is 420 g/mol. The summed E-state index contributed by atoms with van der Waals surface area (Å²) in [5.41, 5.74) is 3.08. The van der Waals surface area contributed by atoms with Crippen molar-refractivity contribution in [2.75, 3.05) is 13.1 Å². The monoisotopic (exact) mass is 419 g/mol. The number of aromatic nitrogens is 2. The molecule has 4 rings (SSSR count). The molecule has 6 heteroatoms. The number of benzene rings is 1. The fourth-order valence-electron chi connectivity index (χ4n) is 4.16. The van der Waals surface area contributed by atoms with Gasteiger partial charge in [0.25, 0.3) is 5.91 Å². The van der Waals surface area contributed by atoms with Gasteiger partial charge in [-0.05, 0) is 49.8 Å². The van der Waals surface area contributed by atoms with Crippen LogP contribution in [0.25, 0.3) is 11.5 Å². The van der Waals surface area contributed by atoms with Gasteiger partial charge in [-0.15, -0.1) is 0 Å². The third kappa shape index (κ3) is 4.79. The van der Waals surface area contributed by atoms with Gasteiger partial charge in [-0.2, -0.15) is 5.10 Å². The van der Waals surface area contributed by atoms with Crippen molar-refractivity contribution in [3.63, 3.8) is 0 Å². The minimum absolute atomic E-state index is 0.0409. The fourth-order valence-corrected chi connectivity index (χ4v) is 4.16. The second-order valence-electron chi connectivity index (χ2n) is 8.80. The molecule has 6 nitrogen and oxygen atoms in total. The van der Waals surface area contributed by atoms with Crippen molar-refractivity contribution < 1.29 is 14.0 Å². The number of nitrogens with one attached hydrogen (secondary N) is 1. The molecule has 1 aliphatic rings. The molecular formula is C25H29N3O3. The van der Waals surface area contributed by atoms with Crippen molar-refractivity contribution >= 4 is 11.7 Å². The van der Waals surface area contributed by atoms with Crippen molar-refractivity contribution in [3.05, 3.63) is 65.0 Å². The maximum absolute atomic E-state index is 12.9. The van der Waals surface area contributed by atoms with E-state index in [1.54, 1.807) is 11.0 Å². The normalized spacial score (nSPS) is 14.9. The molecule has 0 radical (unpaired) electrons. The molecule has 1 fully saturated rings. The molecule has 31 heavy (non-hydrogen) atoms. The van der Waals surface area contributed by atoms with Crippen molar-refractivity contribution in [2.45, 2.75) is 40.0 Å². The maximum Gasteiger partial charge on any atom is 0.274 e. The van der Waals surface area contributed by atoms with Crippen LogP contribution in [0.4, 0.5) is 0 Å². The fraction of sp³-hybridized carbons (Fsp3) is 0.400. The topological polar surface area (TPSA) is 79.2 Å². The van der Waals surface area contributed by atoms with Gasteiger partial charge in [0.1, 0.15) is 11.5 Å². The number of hydrogen-bond acceptors (Lipinski definition) is 4. The maximum atomic E-state index is 12.9. The number of aromatic amines is 1. The van der Waals surface area contributed by atoms with Crippen molar-refractivity contribution in [2.24, 2.45) is 11.8 Å². The van der Waals surface area contributed by atoms with Crippen LogP contribution in [0, 0.1) is 18.8 Å². The molecule has 0 unspecified atom stereocenters. The molecule has 0 atom stereocenters. The number of furan rings is 1. The lowest BCUT2D eigenvalue weighted by molar-refractivity contribution is 0.0645. The minimum Gasteiger partial charge on any atom is -0.460 e.